The van der Waals surface area contributed by atoms with Gasteiger partial charge in [-0.25, -0.2) is 14.6 Å². The zero-order valence-electron chi connectivity index (χ0n) is 34.6. The van der Waals surface area contributed by atoms with Gasteiger partial charge in [0.2, 0.25) is 11.8 Å². The number of nitrogens with one attached hydrogen (secondary N) is 5. The molecule has 0 saturated carbocycles. The van der Waals surface area contributed by atoms with Crippen LogP contribution in [0.3, 0.4) is 0 Å². The van der Waals surface area contributed by atoms with Crippen molar-refractivity contribution in [3.8, 4) is 0 Å². The molecule has 2 saturated heterocycles. The predicted molar refractivity (Wildman–Crippen MR) is 233 cm³/mol. The van der Waals surface area contributed by atoms with Crippen LogP contribution in [-0.4, -0.2) is 122 Å². The quantitative estimate of drug-likeness (QED) is 0.0784. The third-order valence-corrected chi connectivity index (χ3v) is 12.5. The lowest BCUT2D eigenvalue weighted by Crippen LogP contribution is -2.42. The van der Waals surface area contributed by atoms with Gasteiger partial charge in [0.25, 0.3) is 0 Å². The zero-order valence-corrected chi connectivity index (χ0v) is 37.8. The third-order valence-electron chi connectivity index (χ3n) is 9.88. The number of amides is 4. The van der Waals surface area contributed by atoms with E-state index in [1.165, 1.54) is 17.4 Å². The number of urea groups is 1. The molecule has 2 fully saturated rings. The normalized spacial score (nSPS) is 27.1. The number of rotatable bonds is 18. The molecule has 7 atom stereocenters. The maximum Gasteiger partial charge on any atom is 0.331 e. The summed E-state index contributed by atoms with van der Waals surface area (Å²) in [6.45, 7) is 9.78. The topological polar surface area (TPSA) is 195 Å². The molecular formula is C41H61BrN6O9S2. The summed E-state index contributed by atoms with van der Waals surface area (Å²) < 4.78 is 23.4. The number of hydrogen-bond acceptors (Lipinski definition) is 13. The first-order valence-electron chi connectivity index (χ1n) is 20.5. The van der Waals surface area contributed by atoms with Gasteiger partial charge in [-0.2, -0.15) is 11.8 Å². The zero-order chi connectivity index (χ0) is 42.6. The van der Waals surface area contributed by atoms with Gasteiger partial charge in [0.1, 0.15) is 12.2 Å². The van der Waals surface area contributed by atoms with Gasteiger partial charge in [-0.05, 0) is 50.6 Å². The molecule has 0 aliphatic carbocycles. The molecule has 5 N–H and O–H groups in total. The molecule has 18 heteroatoms. The first-order chi connectivity index (χ1) is 28.3. The van der Waals surface area contributed by atoms with E-state index >= 15 is 0 Å². The molecule has 328 valence electrons. The largest absolute Gasteiger partial charge is 0.462 e. The van der Waals surface area contributed by atoms with Crippen molar-refractivity contribution < 1.29 is 42.9 Å². The molecule has 2 bridgehead atoms. The minimum atomic E-state index is -0.503. The summed E-state index contributed by atoms with van der Waals surface area (Å²) in [6.07, 6.45) is 10.5. The maximum atomic E-state index is 13.1. The summed E-state index contributed by atoms with van der Waals surface area (Å²) in [5, 5.41) is 18.1. The molecule has 0 radical (unpaired) electrons. The molecule has 4 amide bonds. The molecule has 3 aliphatic rings. The second-order valence-corrected chi connectivity index (χ2v) is 18.7. The van der Waals surface area contributed by atoms with E-state index in [-0.39, 0.29) is 66.9 Å². The second-order valence-electron chi connectivity index (χ2n) is 15.2. The lowest BCUT2D eigenvalue weighted by atomic mass is 9.97. The Morgan fingerprint density at radius 1 is 1.00 bits per heavy atom. The highest BCUT2D eigenvalue weighted by atomic mass is 79.9. The van der Waals surface area contributed by atoms with Crippen molar-refractivity contribution in [2.75, 3.05) is 51.8 Å². The van der Waals surface area contributed by atoms with Crippen LogP contribution in [0.15, 0.2) is 39.7 Å². The van der Waals surface area contributed by atoms with Crippen LogP contribution in [0, 0.1) is 0 Å². The molecule has 1 aromatic rings. The van der Waals surface area contributed by atoms with Crippen LogP contribution in [0.1, 0.15) is 89.3 Å². The molecular weight excluding hydrogens is 865 g/mol. The second kappa shape index (κ2) is 26.1. The Morgan fingerprint density at radius 3 is 2.49 bits per heavy atom. The number of carbonyl (C=O) groups is 5. The molecule has 3 aliphatic heterocycles. The van der Waals surface area contributed by atoms with Crippen molar-refractivity contribution in [2.45, 2.75) is 121 Å². The SMILES string of the molecule is C/C(Br)=C\C1Cc2nc(cs2)[C@@H](C)C[C@@H](NCC(=O)NCCOCCOCCNC(=O)CCCC[C@@H]2SCC3NC(=O)NC32)CC(=O)O[C@@H](C)C/C(C)=C/C=C\C(=O)O1. The Morgan fingerprint density at radius 2 is 1.75 bits per heavy atom. The fourth-order valence-electron chi connectivity index (χ4n) is 7.02. The number of ether oxygens (including phenoxy) is 4. The van der Waals surface area contributed by atoms with Crippen LogP contribution in [0.4, 0.5) is 4.79 Å². The minimum absolute atomic E-state index is 0.00295. The number of thioether (sulfide) groups is 1. The number of unbranched alkanes of at least 4 members (excludes halogenated alkanes) is 1. The molecule has 0 aromatic carbocycles. The van der Waals surface area contributed by atoms with Crippen LogP contribution < -0.4 is 26.6 Å². The van der Waals surface area contributed by atoms with E-state index in [9.17, 15) is 24.0 Å². The number of cyclic esters (lactones) is 2. The highest BCUT2D eigenvalue weighted by Gasteiger charge is 2.42. The van der Waals surface area contributed by atoms with Crippen molar-refractivity contribution >= 4 is 68.8 Å². The highest BCUT2D eigenvalue weighted by Crippen LogP contribution is 2.33. The molecule has 4 heterocycles. The van der Waals surface area contributed by atoms with E-state index in [0.717, 1.165) is 45.8 Å². The Kier molecular flexibility index (Phi) is 21.4. The fourth-order valence-corrected chi connectivity index (χ4v) is 9.82. The van der Waals surface area contributed by atoms with Crippen LogP contribution in [-0.2, 0) is 44.5 Å². The van der Waals surface area contributed by atoms with Crippen molar-refractivity contribution in [2.24, 2.45) is 0 Å². The molecule has 1 aromatic heterocycles. The highest BCUT2D eigenvalue weighted by molar-refractivity contribution is 9.11. The van der Waals surface area contributed by atoms with E-state index in [2.05, 4.69) is 42.5 Å². The number of nitrogens with zero attached hydrogens (tertiary/aromatic N) is 1. The number of esters is 2. The van der Waals surface area contributed by atoms with Gasteiger partial charge in [0.15, 0.2) is 0 Å². The van der Waals surface area contributed by atoms with Gasteiger partial charge in [0.05, 0.1) is 62.2 Å². The summed E-state index contributed by atoms with van der Waals surface area (Å²) in [5.41, 5.74) is 1.79. The molecule has 4 rings (SSSR count). The Balaban J connectivity index is 1.11. The minimum Gasteiger partial charge on any atom is -0.462 e. The lowest BCUT2D eigenvalue weighted by Gasteiger charge is -2.22. The monoisotopic (exact) mass is 924 g/mol. The number of allylic oxidation sites excluding steroid dienone is 3. The van der Waals surface area contributed by atoms with Crippen LogP contribution in [0.2, 0.25) is 0 Å². The smallest absolute Gasteiger partial charge is 0.331 e. The number of hydrogen-bond donors (Lipinski definition) is 5. The number of fused-ring (bicyclic) bond motifs is 3. The summed E-state index contributed by atoms with van der Waals surface area (Å²) in [6, 6.07) is -0.0133. The number of aromatic nitrogens is 1. The van der Waals surface area contributed by atoms with Gasteiger partial charge in [0, 0.05) is 66.8 Å². The molecule has 3 unspecified atom stereocenters. The average molecular weight is 926 g/mol. The lowest BCUT2D eigenvalue weighted by molar-refractivity contribution is -0.149. The van der Waals surface area contributed by atoms with E-state index < -0.39 is 12.1 Å². The van der Waals surface area contributed by atoms with E-state index in [4.69, 9.17) is 23.9 Å². The van der Waals surface area contributed by atoms with E-state index in [1.54, 1.807) is 12.2 Å². The number of halogens is 1. The van der Waals surface area contributed by atoms with Crippen LogP contribution in [0.25, 0.3) is 0 Å². The van der Waals surface area contributed by atoms with Crippen molar-refractivity contribution in [3.63, 3.8) is 0 Å². The van der Waals surface area contributed by atoms with E-state index in [0.29, 0.717) is 70.5 Å². The van der Waals surface area contributed by atoms with Crippen molar-refractivity contribution in [3.05, 3.63) is 50.4 Å². The molecule has 59 heavy (non-hydrogen) atoms. The van der Waals surface area contributed by atoms with Crippen molar-refractivity contribution in [1.82, 2.24) is 31.6 Å². The van der Waals surface area contributed by atoms with Crippen molar-refractivity contribution in [1.29, 1.82) is 0 Å². The first kappa shape index (κ1) is 48.4. The Hall–Kier alpha value is -3.29. The third kappa shape index (κ3) is 18.9. The number of thiazole rings is 1. The average Bonchev–Trinajstić information content (AvgIpc) is 3.88. The summed E-state index contributed by atoms with van der Waals surface area (Å²) in [5.74, 6) is -0.155. The summed E-state index contributed by atoms with van der Waals surface area (Å²) in [4.78, 5) is 66.9. The van der Waals surface area contributed by atoms with Gasteiger partial charge >= 0.3 is 18.0 Å². The maximum absolute atomic E-state index is 13.1. The Bertz CT molecular complexity index is 1640. The van der Waals surface area contributed by atoms with Gasteiger partial charge in [-0.3, -0.25) is 14.4 Å². The number of carbonyl (C=O) groups excluding carboxylic acids is 5. The van der Waals surface area contributed by atoms with Gasteiger partial charge < -0.3 is 45.5 Å². The van der Waals surface area contributed by atoms with Crippen LogP contribution >= 0.6 is 39.0 Å². The van der Waals surface area contributed by atoms with Crippen LogP contribution in [0.5, 0.6) is 0 Å². The Labute approximate surface area is 364 Å². The molecule has 15 nitrogen and oxygen atoms in total. The first-order valence-corrected chi connectivity index (χ1v) is 23.2. The van der Waals surface area contributed by atoms with E-state index in [1.807, 2.05) is 50.9 Å². The summed E-state index contributed by atoms with van der Waals surface area (Å²) in [7, 11) is 0. The van der Waals surface area contributed by atoms with Gasteiger partial charge in [-0.1, -0.05) is 47.0 Å². The fraction of sp³-hybridized carbons (Fsp3) is 0.659. The predicted octanol–water partition coefficient (Wildman–Crippen LogP) is 4.57. The standard InChI is InChI=1S/C41H61BrN6O9S2/c1-26-8-7-11-38(51)57-31(20-28(3)42)22-37-46-32(24-59-37)27(2)19-30(21-39(52)56-29(4)18-26)45-23-36(50)44-13-15-55-17-16-54-14-12-43-35(49)10-6-5-9-34-40-33(25-58-34)47-41(53)48-40/h7-8,11,20,24,27,29-31,33-34,40,45H,5-6,9-10,12-19,21-23,25H2,1-4H3,(H,43,49)(H,44,50)(H2,47,48,53)/b11-7-,26-8+,28-20+/t27-,29-,30+,31?,33?,34-,40?/m0/s1. The summed E-state index contributed by atoms with van der Waals surface area (Å²) >= 11 is 6.82. The molecule has 0 spiro atoms. The van der Waals surface area contributed by atoms with Gasteiger partial charge in [-0.15, -0.1) is 11.3 Å².